The van der Waals surface area contributed by atoms with E-state index in [0.717, 1.165) is 10.9 Å². The van der Waals surface area contributed by atoms with Gasteiger partial charge in [-0.25, -0.2) is 8.78 Å². The summed E-state index contributed by atoms with van der Waals surface area (Å²) in [6, 6.07) is 7.05. The molecule has 0 spiro atoms. The molecule has 2 nitrogen and oxygen atoms in total. The molecule has 1 unspecified atom stereocenters. The molecule has 0 saturated carbocycles. The molecule has 1 N–H and O–H groups in total. The molecule has 0 aliphatic carbocycles. The second-order valence-corrected chi connectivity index (χ2v) is 4.79. The zero-order valence-corrected chi connectivity index (χ0v) is 10.4. The number of benzene rings is 1. The predicted octanol–water partition coefficient (Wildman–Crippen LogP) is 3.52. The minimum absolute atomic E-state index is 0.236. The van der Waals surface area contributed by atoms with Gasteiger partial charge >= 0.3 is 0 Å². The molecule has 18 heavy (non-hydrogen) atoms. The fourth-order valence-electron chi connectivity index (χ4n) is 1.56. The normalized spacial score (nSPS) is 12.2. The molecule has 1 amide bonds. The van der Waals surface area contributed by atoms with Gasteiger partial charge in [0.15, 0.2) is 11.6 Å². The maximum atomic E-state index is 13.4. The maximum Gasteiger partial charge on any atom is 0.254 e. The van der Waals surface area contributed by atoms with Crippen LogP contribution < -0.4 is 5.32 Å². The van der Waals surface area contributed by atoms with E-state index in [0.29, 0.717) is 0 Å². The van der Waals surface area contributed by atoms with Crippen molar-refractivity contribution < 1.29 is 13.6 Å². The highest BCUT2D eigenvalue weighted by Crippen LogP contribution is 2.19. The Morgan fingerprint density at radius 3 is 2.72 bits per heavy atom. The second-order valence-electron chi connectivity index (χ2n) is 3.81. The van der Waals surface area contributed by atoms with Crippen molar-refractivity contribution >= 4 is 17.2 Å². The van der Waals surface area contributed by atoms with Gasteiger partial charge < -0.3 is 5.32 Å². The van der Waals surface area contributed by atoms with E-state index in [1.807, 2.05) is 17.5 Å². The number of rotatable bonds is 3. The molecule has 0 aliphatic heterocycles. The van der Waals surface area contributed by atoms with E-state index < -0.39 is 17.5 Å². The maximum absolute atomic E-state index is 13.4. The Balaban J connectivity index is 2.15. The molecule has 0 saturated heterocycles. The van der Waals surface area contributed by atoms with Crippen molar-refractivity contribution in [1.82, 2.24) is 5.32 Å². The quantitative estimate of drug-likeness (QED) is 0.905. The smallest absolute Gasteiger partial charge is 0.254 e. The highest BCUT2D eigenvalue weighted by molar-refractivity contribution is 7.10. The summed E-state index contributed by atoms with van der Waals surface area (Å²) in [5, 5.41) is 4.52. The number of carbonyl (C=O) groups is 1. The Kier molecular flexibility index (Phi) is 3.72. The Labute approximate surface area is 107 Å². The number of hydrogen-bond acceptors (Lipinski definition) is 2. The van der Waals surface area contributed by atoms with Crippen molar-refractivity contribution in [3.8, 4) is 0 Å². The van der Waals surface area contributed by atoms with Gasteiger partial charge in [0, 0.05) is 4.88 Å². The van der Waals surface area contributed by atoms with Crippen LogP contribution in [0.1, 0.15) is 28.2 Å². The lowest BCUT2D eigenvalue weighted by atomic mass is 10.1. The molecule has 0 bridgehead atoms. The summed E-state index contributed by atoms with van der Waals surface area (Å²) in [4.78, 5) is 12.8. The first kappa shape index (κ1) is 12.7. The third kappa shape index (κ3) is 2.56. The summed E-state index contributed by atoms with van der Waals surface area (Å²) in [6.07, 6.45) is 0. The summed E-state index contributed by atoms with van der Waals surface area (Å²) in [5.74, 6) is -2.76. The summed E-state index contributed by atoms with van der Waals surface area (Å²) in [7, 11) is 0. The number of thiophene rings is 1. The van der Waals surface area contributed by atoms with Gasteiger partial charge in [-0.3, -0.25) is 4.79 Å². The lowest BCUT2D eigenvalue weighted by Gasteiger charge is -2.12. The molecule has 0 aliphatic rings. The van der Waals surface area contributed by atoms with Crippen LogP contribution >= 0.6 is 11.3 Å². The van der Waals surface area contributed by atoms with Crippen LogP contribution in [0.15, 0.2) is 35.7 Å². The highest BCUT2D eigenvalue weighted by Gasteiger charge is 2.17. The molecule has 1 aromatic carbocycles. The number of amides is 1. The molecular weight excluding hydrogens is 256 g/mol. The van der Waals surface area contributed by atoms with E-state index in [9.17, 15) is 13.6 Å². The number of carbonyl (C=O) groups excluding carboxylic acids is 1. The fourth-order valence-corrected chi connectivity index (χ4v) is 2.30. The van der Waals surface area contributed by atoms with Gasteiger partial charge in [-0.1, -0.05) is 12.1 Å². The van der Waals surface area contributed by atoms with Crippen molar-refractivity contribution in [2.24, 2.45) is 0 Å². The summed E-state index contributed by atoms with van der Waals surface area (Å²) in [5.41, 5.74) is -0.279. The number of hydrogen-bond donors (Lipinski definition) is 1. The van der Waals surface area contributed by atoms with E-state index in [4.69, 9.17) is 0 Å². The number of nitrogens with one attached hydrogen (secondary N) is 1. The van der Waals surface area contributed by atoms with Crippen LogP contribution in [0.3, 0.4) is 0 Å². The molecule has 0 fully saturated rings. The highest BCUT2D eigenvalue weighted by atomic mass is 32.1. The number of halogens is 2. The van der Waals surface area contributed by atoms with E-state index in [-0.39, 0.29) is 11.6 Å². The summed E-state index contributed by atoms with van der Waals surface area (Å²) in [6.45, 7) is 1.79. The van der Waals surface area contributed by atoms with E-state index in [1.165, 1.54) is 23.5 Å². The monoisotopic (exact) mass is 267 g/mol. The Hall–Kier alpha value is -1.75. The van der Waals surface area contributed by atoms with Crippen LogP contribution in [0.2, 0.25) is 0 Å². The van der Waals surface area contributed by atoms with Gasteiger partial charge in [-0.15, -0.1) is 11.3 Å². The molecule has 94 valence electrons. The van der Waals surface area contributed by atoms with Crippen LogP contribution in [0.5, 0.6) is 0 Å². The zero-order chi connectivity index (χ0) is 13.1. The van der Waals surface area contributed by atoms with Crippen LogP contribution in [0.25, 0.3) is 0 Å². The van der Waals surface area contributed by atoms with Crippen LogP contribution in [-0.4, -0.2) is 5.91 Å². The molecule has 1 heterocycles. The Bertz CT molecular complexity index is 554. The molecule has 0 radical (unpaired) electrons. The molecular formula is C13H11F2NOS. The standard InChI is InChI=1S/C13H11F2NOS/c1-8(11-6-3-7-18-11)16-13(17)9-4-2-5-10(14)12(9)15/h2-8H,1H3,(H,16,17). The minimum atomic E-state index is -1.12. The summed E-state index contributed by atoms with van der Waals surface area (Å²) >= 11 is 1.49. The largest absolute Gasteiger partial charge is 0.345 e. The molecule has 2 aromatic rings. The van der Waals surface area contributed by atoms with Gasteiger partial charge in [-0.05, 0) is 30.5 Å². The van der Waals surface area contributed by atoms with Crippen molar-refractivity contribution in [2.45, 2.75) is 13.0 Å². The summed E-state index contributed by atoms with van der Waals surface area (Å²) < 4.78 is 26.4. The van der Waals surface area contributed by atoms with Gasteiger partial charge in [0.25, 0.3) is 5.91 Å². The van der Waals surface area contributed by atoms with Crippen LogP contribution in [-0.2, 0) is 0 Å². The molecule has 1 aromatic heterocycles. The third-order valence-electron chi connectivity index (χ3n) is 2.51. The van der Waals surface area contributed by atoms with Crippen molar-refractivity contribution in [1.29, 1.82) is 0 Å². The average molecular weight is 267 g/mol. The van der Waals surface area contributed by atoms with Gasteiger partial charge in [0.1, 0.15) is 0 Å². The second kappa shape index (κ2) is 5.27. The van der Waals surface area contributed by atoms with Gasteiger partial charge in [0.05, 0.1) is 11.6 Å². The van der Waals surface area contributed by atoms with Crippen molar-refractivity contribution in [3.05, 3.63) is 57.8 Å². The van der Waals surface area contributed by atoms with Crippen molar-refractivity contribution in [3.63, 3.8) is 0 Å². The average Bonchev–Trinajstić information content (AvgIpc) is 2.86. The van der Waals surface area contributed by atoms with Gasteiger partial charge in [-0.2, -0.15) is 0 Å². The minimum Gasteiger partial charge on any atom is -0.345 e. The van der Waals surface area contributed by atoms with E-state index in [2.05, 4.69) is 5.32 Å². The first-order valence-corrected chi connectivity index (χ1v) is 6.26. The SMILES string of the molecule is CC(NC(=O)c1cccc(F)c1F)c1cccs1. The third-order valence-corrected chi connectivity index (χ3v) is 3.57. The van der Waals surface area contributed by atoms with Crippen LogP contribution in [0.4, 0.5) is 8.78 Å². The first-order chi connectivity index (χ1) is 8.59. The first-order valence-electron chi connectivity index (χ1n) is 5.38. The molecule has 2 rings (SSSR count). The Morgan fingerprint density at radius 1 is 1.28 bits per heavy atom. The lowest BCUT2D eigenvalue weighted by molar-refractivity contribution is 0.0935. The molecule has 5 heteroatoms. The topological polar surface area (TPSA) is 29.1 Å². The predicted molar refractivity (Wildman–Crippen MR) is 66.6 cm³/mol. The fraction of sp³-hybridized carbons (Fsp3) is 0.154. The lowest BCUT2D eigenvalue weighted by Crippen LogP contribution is -2.27. The van der Waals surface area contributed by atoms with E-state index >= 15 is 0 Å². The zero-order valence-electron chi connectivity index (χ0n) is 9.61. The van der Waals surface area contributed by atoms with E-state index in [1.54, 1.807) is 6.92 Å². The van der Waals surface area contributed by atoms with Crippen molar-refractivity contribution in [2.75, 3.05) is 0 Å². The van der Waals surface area contributed by atoms with Gasteiger partial charge in [0.2, 0.25) is 0 Å². The van der Waals surface area contributed by atoms with Crippen LogP contribution in [0, 0.1) is 11.6 Å². The molecule has 1 atom stereocenters. The Morgan fingerprint density at radius 2 is 2.06 bits per heavy atom.